The van der Waals surface area contributed by atoms with Crippen LogP contribution in [0.25, 0.3) is 0 Å². The summed E-state index contributed by atoms with van der Waals surface area (Å²) < 4.78 is 25.5. The van der Waals surface area contributed by atoms with Gasteiger partial charge in [0.2, 0.25) is 0 Å². The van der Waals surface area contributed by atoms with E-state index < -0.39 is 30.3 Å². The van der Waals surface area contributed by atoms with Gasteiger partial charge in [-0.3, -0.25) is 4.79 Å². The minimum atomic E-state index is -0.503. The molecule has 8 nitrogen and oxygen atoms in total. The fourth-order valence-corrected chi connectivity index (χ4v) is 4.02. The van der Waals surface area contributed by atoms with E-state index in [0.717, 1.165) is 16.6 Å². The first-order valence-electron chi connectivity index (χ1n) is 12.5. The molecule has 3 aromatic rings. The van der Waals surface area contributed by atoms with Crippen molar-refractivity contribution in [1.29, 1.82) is 5.26 Å². The van der Waals surface area contributed by atoms with Crippen LogP contribution < -0.4 is 16.1 Å². The third kappa shape index (κ3) is 5.69. The highest BCUT2D eigenvalue weighted by Gasteiger charge is 2.51. The molecule has 1 fully saturated rings. The summed E-state index contributed by atoms with van der Waals surface area (Å²) in [6.45, 7) is 11.8. The maximum atomic E-state index is 13.3. The van der Waals surface area contributed by atoms with E-state index in [9.17, 15) is 14.4 Å². The first-order valence-corrected chi connectivity index (χ1v) is 12.5. The lowest BCUT2D eigenvalue weighted by atomic mass is 9.78. The lowest BCUT2D eigenvalue weighted by Crippen LogP contribution is -2.41. The van der Waals surface area contributed by atoms with Gasteiger partial charge in [0.25, 0.3) is 5.91 Å². The van der Waals surface area contributed by atoms with Crippen molar-refractivity contribution in [1.82, 2.24) is 15.3 Å². The Balaban J connectivity index is 1.50. The van der Waals surface area contributed by atoms with Crippen LogP contribution in [-0.4, -0.2) is 34.2 Å². The summed E-state index contributed by atoms with van der Waals surface area (Å²) >= 11 is 0. The molecule has 1 saturated heterocycles. The second kappa shape index (κ2) is 10.5. The molecule has 2 heterocycles. The number of rotatable bonds is 7. The third-order valence-electron chi connectivity index (χ3n) is 7.13. The van der Waals surface area contributed by atoms with Gasteiger partial charge in [-0.25, -0.2) is 14.4 Å². The largest absolute Gasteiger partial charge is 0.494 e. The third-order valence-corrected chi connectivity index (χ3v) is 7.13. The monoisotopic (exact) mass is 515 g/mol. The number of carbonyl (C=O) groups is 1. The molecule has 10 heteroatoms. The van der Waals surface area contributed by atoms with Crippen molar-refractivity contribution >= 4 is 24.3 Å². The van der Waals surface area contributed by atoms with Crippen LogP contribution in [0.1, 0.15) is 80.9 Å². The maximum Gasteiger partial charge on any atom is 0.494 e. The molecule has 196 valence electrons. The molecule has 38 heavy (non-hydrogen) atoms. The average Bonchev–Trinajstić information content (AvgIpc) is 3.11. The molecule has 2 aromatic carbocycles. The summed E-state index contributed by atoms with van der Waals surface area (Å²) in [6, 6.07) is 15.0. The van der Waals surface area contributed by atoms with Crippen molar-refractivity contribution in [2.75, 3.05) is 5.32 Å². The van der Waals surface area contributed by atoms with E-state index in [1.54, 1.807) is 19.1 Å². The molecule has 1 amide bonds. The van der Waals surface area contributed by atoms with Gasteiger partial charge in [0, 0.05) is 0 Å². The SMILES string of the molecule is C[C@H](NC(=O)c1nc(C#N)cnc1N[C@H](C)c1ccc(B2OC(C)(C)C(C)(C)O2)cc1)c1ccc(F)cc1. The first kappa shape index (κ1) is 27.2. The van der Waals surface area contributed by atoms with Crippen LogP contribution in [0.3, 0.4) is 0 Å². The van der Waals surface area contributed by atoms with Crippen molar-refractivity contribution in [3.05, 3.63) is 83.1 Å². The van der Waals surface area contributed by atoms with Crippen LogP contribution in [0.5, 0.6) is 0 Å². The van der Waals surface area contributed by atoms with Gasteiger partial charge in [0.05, 0.1) is 29.5 Å². The fourth-order valence-electron chi connectivity index (χ4n) is 4.02. The molecule has 1 aliphatic heterocycles. The number of carbonyl (C=O) groups excluding carboxylic acids is 1. The molecule has 0 saturated carbocycles. The zero-order valence-electron chi connectivity index (χ0n) is 22.4. The van der Waals surface area contributed by atoms with Gasteiger partial charge in [0.1, 0.15) is 11.9 Å². The van der Waals surface area contributed by atoms with Gasteiger partial charge >= 0.3 is 7.12 Å². The minimum absolute atomic E-state index is 0.00120. The number of hydrogen-bond donors (Lipinski definition) is 2. The maximum absolute atomic E-state index is 13.3. The van der Waals surface area contributed by atoms with E-state index in [1.807, 2.05) is 65.0 Å². The van der Waals surface area contributed by atoms with Gasteiger partial charge in [-0.15, -0.1) is 0 Å². The Morgan fingerprint density at radius 1 is 0.974 bits per heavy atom. The number of amides is 1. The Bertz CT molecular complexity index is 1340. The Kier molecular flexibility index (Phi) is 7.54. The first-order chi connectivity index (χ1) is 17.9. The normalized spacial score (nSPS) is 17.4. The topological polar surface area (TPSA) is 109 Å². The van der Waals surface area contributed by atoms with E-state index in [1.165, 1.54) is 18.3 Å². The number of anilines is 1. The average molecular weight is 515 g/mol. The summed E-state index contributed by atoms with van der Waals surface area (Å²) in [6.07, 6.45) is 1.32. The smallest absolute Gasteiger partial charge is 0.399 e. The molecule has 0 bridgehead atoms. The van der Waals surface area contributed by atoms with Crippen LogP contribution in [0.4, 0.5) is 10.2 Å². The predicted octanol–water partition coefficient (Wildman–Crippen LogP) is 4.45. The van der Waals surface area contributed by atoms with Crippen LogP contribution >= 0.6 is 0 Å². The Morgan fingerprint density at radius 3 is 2.11 bits per heavy atom. The van der Waals surface area contributed by atoms with E-state index >= 15 is 0 Å². The van der Waals surface area contributed by atoms with E-state index in [2.05, 4.69) is 20.6 Å². The summed E-state index contributed by atoms with van der Waals surface area (Å²) in [5.74, 6) is -0.614. The fraction of sp³-hybridized carbons (Fsp3) is 0.357. The molecular formula is C28H31BFN5O3. The van der Waals surface area contributed by atoms with E-state index in [-0.39, 0.29) is 29.1 Å². The van der Waals surface area contributed by atoms with Crippen molar-refractivity contribution in [3.63, 3.8) is 0 Å². The number of halogens is 1. The molecule has 0 spiro atoms. The highest BCUT2D eigenvalue weighted by molar-refractivity contribution is 6.62. The Labute approximate surface area is 222 Å². The molecule has 0 aliphatic carbocycles. The molecule has 4 rings (SSSR count). The standard InChI is InChI=1S/C28H31BFN5O3/c1-17(19-7-11-21(12-8-19)29-37-27(3,4)28(5,6)38-29)33-25-24(35-23(15-31)16-32-25)26(36)34-18(2)20-9-13-22(30)14-10-20/h7-14,16-18H,1-6H3,(H,32,33)(H,34,36)/t17-,18+/m1/s1. The van der Waals surface area contributed by atoms with Crippen LogP contribution in [0.2, 0.25) is 0 Å². The molecular weight excluding hydrogens is 484 g/mol. The summed E-state index contributed by atoms with van der Waals surface area (Å²) in [4.78, 5) is 21.6. The van der Waals surface area contributed by atoms with Crippen molar-refractivity contribution < 1.29 is 18.5 Å². The zero-order chi connectivity index (χ0) is 27.7. The lowest BCUT2D eigenvalue weighted by molar-refractivity contribution is 0.00578. The van der Waals surface area contributed by atoms with Crippen LogP contribution in [0.15, 0.2) is 54.7 Å². The summed E-state index contributed by atoms with van der Waals surface area (Å²) in [7, 11) is -0.458. The Hall–Kier alpha value is -3.81. The second-order valence-corrected chi connectivity index (χ2v) is 10.4. The molecule has 2 atom stereocenters. The predicted molar refractivity (Wildman–Crippen MR) is 143 cm³/mol. The second-order valence-electron chi connectivity index (χ2n) is 10.4. The Morgan fingerprint density at radius 2 is 1.53 bits per heavy atom. The lowest BCUT2D eigenvalue weighted by Gasteiger charge is -2.32. The molecule has 1 aliphatic rings. The number of hydrogen-bond acceptors (Lipinski definition) is 7. The molecule has 0 radical (unpaired) electrons. The van der Waals surface area contributed by atoms with Crippen LogP contribution in [-0.2, 0) is 9.31 Å². The molecule has 0 unspecified atom stereocenters. The zero-order valence-corrected chi connectivity index (χ0v) is 22.4. The van der Waals surface area contributed by atoms with Crippen molar-refractivity contribution in [3.8, 4) is 6.07 Å². The van der Waals surface area contributed by atoms with Gasteiger partial charge in [-0.2, -0.15) is 5.26 Å². The number of nitrogens with zero attached hydrogens (tertiary/aromatic N) is 3. The number of nitriles is 1. The highest BCUT2D eigenvalue weighted by atomic mass is 19.1. The van der Waals surface area contributed by atoms with Gasteiger partial charge in [-0.05, 0) is 70.3 Å². The number of benzene rings is 2. The minimum Gasteiger partial charge on any atom is -0.399 e. The van der Waals surface area contributed by atoms with Gasteiger partial charge in [-0.1, -0.05) is 36.4 Å². The van der Waals surface area contributed by atoms with E-state index in [0.29, 0.717) is 0 Å². The van der Waals surface area contributed by atoms with Crippen molar-refractivity contribution in [2.45, 2.75) is 64.8 Å². The quantitative estimate of drug-likeness (QED) is 0.448. The summed E-state index contributed by atoms with van der Waals surface area (Å²) in [5, 5.41) is 15.4. The number of aromatic nitrogens is 2. The number of nitrogens with one attached hydrogen (secondary N) is 2. The van der Waals surface area contributed by atoms with Gasteiger partial charge in [0.15, 0.2) is 17.2 Å². The van der Waals surface area contributed by atoms with Crippen molar-refractivity contribution in [2.24, 2.45) is 0 Å². The van der Waals surface area contributed by atoms with Crippen LogP contribution in [0, 0.1) is 17.1 Å². The summed E-state index contributed by atoms with van der Waals surface area (Å²) in [5.41, 5.74) is 1.76. The molecule has 1 aromatic heterocycles. The molecule has 2 N–H and O–H groups in total. The highest BCUT2D eigenvalue weighted by Crippen LogP contribution is 2.36. The van der Waals surface area contributed by atoms with Gasteiger partial charge < -0.3 is 19.9 Å². The van der Waals surface area contributed by atoms with E-state index in [4.69, 9.17) is 9.31 Å².